The first-order chi connectivity index (χ1) is 10.9. The van der Waals surface area contributed by atoms with Crippen LogP contribution in [0.25, 0.3) is 0 Å². The number of carbonyl (C=O) groups excluding carboxylic acids is 2. The monoisotopic (exact) mass is 353 g/mol. The van der Waals surface area contributed by atoms with E-state index in [2.05, 4.69) is 10.6 Å². The second-order valence-electron chi connectivity index (χ2n) is 4.51. The van der Waals surface area contributed by atoms with Crippen molar-refractivity contribution in [3.63, 3.8) is 0 Å². The van der Waals surface area contributed by atoms with E-state index >= 15 is 0 Å². The van der Waals surface area contributed by atoms with Crippen molar-refractivity contribution < 1.29 is 14.3 Å². The topological polar surface area (TPSA) is 93.4 Å². The van der Waals surface area contributed by atoms with E-state index in [4.69, 9.17) is 33.7 Å². The van der Waals surface area contributed by atoms with Gasteiger partial charge in [0, 0.05) is 21.8 Å². The maximum Gasteiger partial charge on any atom is 0.323 e. The lowest BCUT2D eigenvalue weighted by atomic mass is 10.1. The summed E-state index contributed by atoms with van der Waals surface area (Å²) in [6.07, 6.45) is 0. The zero-order chi connectivity index (χ0) is 17.0. The van der Waals surface area contributed by atoms with E-state index in [1.165, 1.54) is 31.4 Å². The molecule has 120 valence electrons. The van der Waals surface area contributed by atoms with Gasteiger partial charge in [0.1, 0.15) is 5.75 Å². The molecule has 0 aliphatic rings. The normalized spacial score (nSPS) is 10.0. The number of ether oxygens (including phenoxy) is 1. The molecule has 23 heavy (non-hydrogen) atoms. The van der Waals surface area contributed by atoms with Gasteiger partial charge in [0.15, 0.2) is 0 Å². The molecule has 6 nitrogen and oxygen atoms in total. The fraction of sp³-hybridized carbons (Fsp3) is 0.0667. The molecule has 0 unspecified atom stereocenters. The second kappa shape index (κ2) is 7.21. The highest BCUT2D eigenvalue weighted by atomic mass is 35.5. The number of benzene rings is 2. The van der Waals surface area contributed by atoms with E-state index in [9.17, 15) is 9.59 Å². The van der Waals surface area contributed by atoms with Gasteiger partial charge in [0.2, 0.25) is 0 Å². The molecule has 2 aromatic carbocycles. The number of hydrogen-bond acceptors (Lipinski definition) is 3. The van der Waals surface area contributed by atoms with Gasteiger partial charge >= 0.3 is 6.03 Å². The van der Waals surface area contributed by atoms with Crippen molar-refractivity contribution in [3.8, 4) is 5.75 Å². The fourth-order valence-corrected chi connectivity index (χ4v) is 2.41. The van der Waals surface area contributed by atoms with Crippen molar-refractivity contribution in [1.82, 2.24) is 0 Å². The Balaban J connectivity index is 2.20. The largest absolute Gasteiger partial charge is 0.497 e. The Morgan fingerprint density at radius 3 is 2.26 bits per heavy atom. The minimum atomic E-state index is -0.672. The average molecular weight is 354 g/mol. The van der Waals surface area contributed by atoms with Crippen LogP contribution in [0, 0.1) is 0 Å². The third kappa shape index (κ3) is 4.51. The van der Waals surface area contributed by atoms with Crippen molar-refractivity contribution in [1.29, 1.82) is 0 Å². The van der Waals surface area contributed by atoms with Crippen molar-refractivity contribution in [2.75, 3.05) is 17.7 Å². The lowest BCUT2D eigenvalue weighted by Gasteiger charge is -2.12. The van der Waals surface area contributed by atoms with E-state index in [0.717, 1.165) is 0 Å². The number of halogens is 2. The summed E-state index contributed by atoms with van der Waals surface area (Å²) < 4.78 is 5.06. The van der Waals surface area contributed by atoms with Gasteiger partial charge in [-0.1, -0.05) is 23.2 Å². The molecule has 0 aromatic heterocycles. The van der Waals surface area contributed by atoms with E-state index in [-0.39, 0.29) is 11.3 Å². The van der Waals surface area contributed by atoms with E-state index in [0.29, 0.717) is 21.5 Å². The Morgan fingerprint density at radius 2 is 1.70 bits per heavy atom. The van der Waals surface area contributed by atoms with Crippen LogP contribution in [0.1, 0.15) is 10.4 Å². The summed E-state index contributed by atoms with van der Waals surface area (Å²) in [4.78, 5) is 23.5. The highest BCUT2D eigenvalue weighted by molar-refractivity contribution is 6.35. The van der Waals surface area contributed by atoms with Crippen LogP contribution in [0.4, 0.5) is 16.2 Å². The lowest BCUT2D eigenvalue weighted by molar-refractivity contribution is 0.100. The molecule has 8 heteroatoms. The number of nitrogens with two attached hydrogens (primary N) is 1. The third-order valence-corrected chi connectivity index (χ3v) is 3.30. The molecule has 4 N–H and O–H groups in total. The molecule has 0 radical (unpaired) electrons. The summed E-state index contributed by atoms with van der Waals surface area (Å²) in [5.74, 6) is -0.204. The number of carbonyl (C=O) groups is 2. The van der Waals surface area contributed by atoms with Gasteiger partial charge < -0.3 is 21.1 Å². The van der Waals surface area contributed by atoms with Crippen molar-refractivity contribution in [2.45, 2.75) is 0 Å². The number of methoxy groups -OCH3 is 1. The number of primary amides is 1. The predicted octanol–water partition coefficient (Wildman–Crippen LogP) is 3.74. The Hall–Kier alpha value is -2.44. The quantitative estimate of drug-likeness (QED) is 0.781. The van der Waals surface area contributed by atoms with Crippen LogP contribution in [-0.2, 0) is 0 Å². The van der Waals surface area contributed by atoms with Gasteiger partial charge in [-0.2, -0.15) is 0 Å². The molecule has 2 rings (SSSR count). The van der Waals surface area contributed by atoms with Crippen LogP contribution in [0.3, 0.4) is 0 Å². The van der Waals surface area contributed by atoms with Crippen molar-refractivity contribution in [3.05, 3.63) is 52.0 Å². The molecule has 0 atom stereocenters. The number of rotatable bonds is 4. The summed E-state index contributed by atoms with van der Waals surface area (Å²) in [6.45, 7) is 0. The Morgan fingerprint density at radius 1 is 1.04 bits per heavy atom. The second-order valence-corrected chi connectivity index (χ2v) is 5.39. The third-order valence-electron chi connectivity index (χ3n) is 2.86. The molecular formula is C15H13Cl2N3O3. The van der Waals surface area contributed by atoms with Gasteiger partial charge in [-0.15, -0.1) is 0 Å². The predicted molar refractivity (Wildman–Crippen MR) is 90.6 cm³/mol. The molecule has 0 spiro atoms. The number of nitrogens with one attached hydrogen (secondary N) is 2. The highest BCUT2D eigenvalue weighted by Crippen LogP contribution is 2.24. The lowest BCUT2D eigenvalue weighted by Crippen LogP contribution is -2.22. The summed E-state index contributed by atoms with van der Waals surface area (Å²) in [7, 11) is 1.47. The van der Waals surface area contributed by atoms with E-state index in [1.54, 1.807) is 12.1 Å². The molecule has 2 aromatic rings. The molecular weight excluding hydrogens is 341 g/mol. The first kappa shape index (κ1) is 16.9. The van der Waals surface area contributed by atoms with Crippen LogP contribution < -0.4 is 21.1 Å². The average Bonchev–Trinajstić information content (AvgIpc) is 2.45. The van der Waals surface area contributed by atoms with Crippen LogP contribution in [0.5, 0.6) is 5.75 Å². The minimum Gasteiger partial charge on any atom is -0.497 e. The Labute approximate surface area is 142 Å². The Bertz CT molecular complexity index is 745. The van der Waals surface area contributed by atoms with Gasteiger partial charge in [0.05, 0.1) is 18.4 Å². The summed E-state index contributed by atoms with van der Waals surface area (Å²) in [5.41, 5.74) is 6.08. The van der Waals surface area contributed by atoms with E-state index < -0.39 is 11.9 Å². The maximum absolute atomic E-state index is 12.1. The molecule has 0 fully saturated rings. The molecule has 0 aliphatic carbocycles. The number of hydrogen-bond donors (Lipinski definition) is 3. The molecule has 0 heterocycles. The molecule has 0 bridgehead atoms. The highest BCUT2D eigenvalue weighted by Gasteiger charge is 2.13. The fourth-order valence-electron chi connectivity index (χ4n) is 1.88. The van der Waals surface area contributed by atoms with Gasteiger partial charge in [0.25, 0.3) is 5.91 Å². The number of amides is 3. The standard InChI is InChI=1S/C15H13Cl2N3O3/c1-23-11-2-3-12(14(18)21)13(7-11)20-15(22)19-10-5-8(16)4-9(17)6-10/h2-7H,1H3,(H2,18,21)(H2,19,20,22). The van der Waals surface area contributed by atoms with Gasteiger partial charge in [-0.05, 0) is 30.3 Å². The molecule has 0 aliphatic heterocycles. The van der Waals surface area contributed by atoms with Crippen LogP contribution in [0.2, 0.25) is 10.0 Å². The SMILES string of the molecule is COc1ccc(C(N)=O)c(NC(=O)Nc2cc(Cl)cc(Cl)c2)c1. The smallest absolute Gasteiger partial charge is 0.323 e. The zero-order valence-electron chi connectivity index (χ0n) is 12.0. The summed E-state index contributed by atoms with van der Waals surface area (Å²) in [5, 5.41) is 5.86. The summed E-state index contributed by atoms with van der Waals surface area (Å²) in [6, 6.07) is 8.55. The van der Waals surface area contributed by atoms with Crippen LogP contribution >= 0.6 is 23.2 Å². The molecule has 0 saturated heterocycles. The van der Waals surface area contributed by atoms with Crippen molar-refractivity contribution in [2.24, 2.45) is 5.73 Å². The maximum atomic E-state index is 12.1. The zero-order valence-corrected chi connectivity index (χ0v) is 13.5. The van der Waals surface area contributed by atoms with Gasteiger partial charge in [-0.3, -0.25) is 4.79 Å². The van der Waals surface area contributed by atoms with Crippen LogP contribution in [0.15, 0.2) is 36.4 Å². The Kier molecular flexibility index (Phi) is 5.31. The van der Waals surface area contributed by atoms with E-state index in [1.807, 2.05) is 0 Å². The molecule has 0 saturated carbocycles. The summed E-state index contributed by atoms with van der Waals surface area (Å²) >= 11 is 11.7. The number of anilines is 2. The van der Waals surface area contributed by atoms with Crippen molar-refractivity contribution >= 4 is 46.5 Å². The first-order valence-corrected chi connectivity index (χ1v) is 7.16. The first-order valence-electron chi connectivity index (χ1n) is 6.41. The number of urea groups is 1. The van der Waals surface area contributed by atoms with Gasteiger partial charge in [-0.25, -0.2) is 4.79 Å². The minimum absolute atomic E-state index is 0.157. The van der Waals surface area contributed by atoms with Crippen LogP contribution in [-0.4, -0.2) is 19.0 Å². The molecule has 3 amide bonds.